The van der Waals surface area contributed by atoms with Gasteiger partial charge in [-0.05, 0) is 49.9 Å². The standard InChI is InChI=1S/C16H19FN2O2/c17-13-5-3-12(4-6-13)16(21)19-9-7-14(8-10-19)18-15(20)11-1-2-11/h3-6,11,14H,1-2,7-10H2,(H,18,20). The number of piperidine rings is 1. The van der Waals surface area contributed by atoms with Crippen LogP contribution in [0.5, 0.6) is 0 Å². The molecule has 1 heterocycles. The maximum atomic E-state index is 12.9. The molecule has 0 unspecified atom stereocenters. The molecule has 0 atom stereocenters. The largest absolute Gasteiger partial charge is 0.353 e. The number of hydrogen-bond donors (Lipinski definition) is 1. The molecule has 1 aromatic rings. The van der Waals surface area contributed by atoms with Gasteiger partial charge in [0.05, 0.1) is 0 Å². The van der Waals surface area contributed by atoms with Crippen LogP contribution >= 0.6 is 0 Å². The molecule has 5 heteroatoms. The predicted octanol–water partition coefficient (Wildman–Crippen LogP) is 1.96. The molecule has 1 aliphatic carbocycles. The number of nitrogens with zero attached hydrogens (tertiary/aromatic N) is 1. The number of benzene rings is 1. The maximum Gasteiger partial charge on any atom is 0.253 e. The Morgan fingerprint density at radius 1 is 1.05 bits per heavy atom. The van der Waals surface area contributed by atoms with Gasteiger partial charge in [0.15, 0.2) is 0 Å². The van der Waals surface area contributed by atoms with Crippen LogP contribution in [0.1, 0.15) is 36.0 Å². The molecule has 3 rings (SSSR count). The van der Waals surface area contributed by atoms with Crippen molar-refractivity contribution in [2.45, 2.75) is 31.7 Å². The van der Waals surface area contributed by atoms with Crippen LogP contribution in [0.25, 0.3) is 0 Å². The number of amides is 2. The summed E-state index contributed by atoms with van der Waals surface area (Å²) < 4.78 is 12.9. The summed E-state index contributed by atoms with van der Waals surface area (Å²) >= 11 is 0. The van der Waals surface area contributed by atoms with Crippen LogP contribution in [0.15, 0.2) is 24.3 Å². The zero-order valence-electron chi connectivity index (χ0n) is 11.8. The molecule has 21 heavy (non-hydrogen) atoms. The van der Waals surface area contributed by atoms with Crippen molar-refractivity contribution in [1.82, 2.24) is 10.2 Å². The normalized spacial score (nSPS) is 19.4. The van der Waals surface area contributed by atoms with Crippen molar-refractivity contribution in [2.75, 3.05) is 13.1 Å². The quantitative estimate of drug-likeness (QED) is 0.925. The fraction of sp³-hybridized carbons (Fsp3) is 0.500. The van der Waals surface area contributed by atoms with Crippen molar-refractivity contribution in [3.8, 4) is 0 Å². The van der Waals surface area contributed by atoms with E-state index >= 15 is 0 Å². The highest BCUT2D eigenvalue weighted by Gasteiger charge is 2.32. The lowest BCUT2D eigenvalue weighted by Crippen LogP contribution is -2.46. The number of halogens is 1. The van der Waals surface area contributed by atoms with Gasteiger partial charge in [0, 0.05) is 30.6 Å². The minimum atomic E-state index is -0.340. The van der Waals surface area contributed by atoms with Crippen LogP contribution in [0.4, 0.5) is 4.39 Å². The summed E-state index contributed by atoms with van der Waals surface area (Å²) in [5.74, 6) is -0.0165. The van der Waals surface area contributed by atoms with E-state index in [2.05, 4.69) is 5.32 Å². The molecule has 0 aromatic heterocycles. The third-order valence-corrected chi connectivity index (χ3v) is 4.17. The summed E-state index contributed by atoms with van der Waals surface area (Å²) in [6.45, 7) is 1.26. The lowest BCUT2D eigenvalue weighted by Gasteiger charge is -2.32. The van der Waals surface area contributed by atoms with E-state index in [-0.39, 0.29) is 29.6 Å². The van der Waals surface area contributed by atoms with Crippen LogP contribution < -0.4 is 5.32 Å². The minimum Gasteiger partial charge on any atom is -0.353 e. The van der Waals surface area contributed by atoms with Crippen LogP contribution in [0.3, 0.4) is 0 Å². The van der Waals surface area contributed by atoms with Crippen molar-refractivity contribution in [3.05, 3.63) is 35.6 Å². The topological polar surface area (TPSA) is 49.4 Å². The first-order valence-electron chi connectivity index (χ1n) is 7.49. The Kier molecular flexibility index (Phi) is 3.90. The highest BCUT2D eigenvalue weighted by Crippen LogP contribution is 2.29. The maximum absolute atomic E-state index is 12.9. The van der Waals surface area contributed by atoms with E-state index < -0.39 is 0 Å². The molecule has 1 saturated heterocycles. The van der Waals surface area contributed by atoms with Gasteiger partial charge in [-0.15, -0.1) is 0 Å². The molecular formula is C16H19FN2O2. The average Bonchev–Trinajstić information content (AvgIpc) is 3.33. The second-order valence-electron chi connectivity index (χ2n) is 5.86. The van der Waals surface area contributed by atoms with E-state index in [4.69, 9.17) is 0 Å². The number of nitrogens with one attached hydrogen (secondary N) is 1. The molecule has 0 bridgehead atoms. The Labute approximate surface area is 123 Å². The molecule has 112 valence electrons. The SMILES string of the molecule is O=C(NC1CCN(C(=O)c2ccc(F)cc2)CC1)C1CC1. The van der Waals surface area contributed by atoms with E-state index in [0.29, 0.717) is 18.7 Å². The Bertz CT molecular complexity index is 532. The monoisotopic (exact) mass is 290 g/mol. The number of likely N-dealkylation sites (tertiary alicyclic amines) is 1. The van der Waals surface area contributed by atoms with Crippen molar-refractivity contribution in [1.29, 1.82) is 0 Å². The van der Waals surface area contributed by atoms with Gasteiger partial charge in [-0.1, -0.05) is 0 Å². The fourth-order valence-electron chi connectivity index (χ4n) is 2.67. The molecule has 1 N–H and O–H groups in total. The average molecular weight is 290 g/mol. The molecule has 2 fully saturated rings. The van der Waals surface area contributed by atoms with Crippen LogP contribution in [0.2, 0.25) is 0 Å². The van der Waals surface area contributed by atoms with E-state index in [9.17, 15) is 14.0 Å². The van der Waals surface area contributed by atoms with Gasteiger partial charge in [0.25, 0.3) is 5.91 Å². The number of rotatable bonds is 3. The van der Waals surface area contributed by atoms with Crippen molar-refractivity contribution < 1.29 is 14.0 Å². The number of carbonyl (C=O) groups excluding carboxylic acids is 2. The van der Waals surface area contributed by atoms with E-state index in [1.807, 2.05) is 0 Å². The molecule has 1 aliphatic heterocycles. The van der Waals surface area contributed by atoms with Gasteiger partial charge < -0.3 is 10.2 Å². The lowest BCUT2D eigenvalue weighted by molar-refractivity contribution is -0.123. The van der Waals surface area contributed by atoms with E-state index in [0.717, 1.165) is 25.7 Å². The third-order valence-electron chi connectivity index (χ3n) is 4.17. The zero-order chi connectivity index (χ0) is 14.8. The zero-order valence-corrected chi connectivity index (χ0v) is 11.8. The number of carbonyl (C=O) groups is 2. The molecule has 1 aromatic carbocycles. The van der Waals surface area contributed by atoms with Gasteiger partial charge in [0.2, 0.25) is 5.91 Å². The molecule has 2 amide bonds. The summed E-state index contributed by atoms with van der Waals surface area (Å²) in [6.07, 6.45) is 3.58. The minimum absolute atomic E-state index is 0.0676. The first kappa shape index (κ1) is 14.0. The Hall–Kier alpha value is -1.91. The summed E-state index contributed by atoms with van der Waals surface area (Å²) in [4.78, 5) is 25.8. The molecule has 1 saturated carbocycles. The smallest absolute Gasteiger partial charge is 0.253 e. The molecule has 0 radical (unpaired) electrons. The fourth-order valence-corrected chi connectivity index (χ4v) is 2.67. The molecule has 2 aliphatic rings. The lowest BCUT2D eigenvalue weighted by atomic mass is 10.0. The number of hydrogen-bond acceptors (Lipinski definition) is 2. The second kappa shape index (κ2) is 5.84. The van der Waals surface area contributed by atoms with Gasteiger partial charge in [-0.3, -0.25) is 9.59 Å². The summed E-state index contributed by atoms with van der Waals surface area (Å²) in [5, 5.41) is 3.06. The van der Waals surface area contributed by atoms with Gasteiger partial charge in [0.1, 0.15) is 5.82 Å². The first-order valence-corrected chi connectivity index (χ1v) is 7.49. The highest BCUT2D eigenvalue weighted by molar-refractivity contribution is 5.94. The van der Waals surface area contributed by atoms with E-state index in [1.165, 1.54) is 24.3 Å². The Morgan fingerprint density at radius 3 is 2.24 bits per heavy atom. The Morgan fingerprint density at radius 2 is 1.67 bits per heavy atom. The second-order valence-corrected chi connectivity index (χ2v) is 5.86. The highest BCUT2D eigenvalue weighted by atomic mass is 19.1. The molecule has 0 spiro atoms. The summed E-state index contributed by atoms with van der Waals surface area (Å²) in [5.41, 5.74) is 0.511. The van der Waals surface area contributed by atoms with Crippen LogP contribution in [0, 0.1) is 11.7 Å². The van der Waals surface area contributed by atoms with Crippen LogP contribution in [-0.2, 0) is 4.79 Å². The summed E-state index contributed by atoms with van der Waals surface area (Å²) in [7, 11) is 0. The van der Waals surface area contributed by atoms with Crippen molar-refractivity contribution in [3.63, 3.8) is 0 Å². The third kappa shape index (κ3) is 3.40. The van der Waals surface area contributed by atoms with Crippen molar-refractivity contribution >= 4 is 11.8 Å². The molecular weight excluding hydrogens is 271 g/mol. The first-order chi connectivity index (χ1) is 10.1. The predicted molar refractivity (Wildman–Crippen MR) is 76.2 cm³/mol. The van der Waals surface area contributed by atoms with Gasteiger partial charge in [-0.25, -0.2) is 4.39 Å². The van der Waals surface area contributed by atoms with E-state index in [1.54, 1.807) is 4.90 Å². The van der Waals surface area contributed by atoms with Gasteiger partial charge in [-0.2, -0.15) is 0 Å². The summed E-state index contributed by atoms with van der Waals surface area (Å²) in [6, 6.07) is 5.80. The van der Waals surface area contributed by atoms with Crippen LogP contribution in [-0.4, -0.2) is 35.8 Å². The van der Waals surface area contributed by atoms with Gasteiger partial charge >= 0.3 is 0 Å². The Balaban J connectivity index is 1.51. The van der Waals surface area contributed by atoms with Crippen molar-refractivity contribution in [2.24, 2.45) is 5.92 Å². The molecule has 4 nitrogen and oxygen atoms in total.